The second-order valence-electron chi connectivity index (χ2n) is 7.30. The smallest absolute Gasteiger partial charge is 0.324 e. The number of fused-ring (bicyclic) bond motifs is 3. The number of aromatic nitrogens is 1. The number of carbonyl (C=O) groups excluding carboxylic acids is 3. The molecule has 2 N–H and O–H groups in total. The van der Waals surface area contributed by atoms with Crippen molar-refractivity contribution in [3.05, 3.63) is 53.6 Å². The van der Waals surface area contributed by atoms with Crippen LogP contribution in [0.2, 0.25) is 0 Å². The molecule has 152 valence electrons. The molecule has 2 aliphatic rings. The fourth-order valence-corrected chi connectivity index (χ4v) is 5.67. The Morgan fingerprint density at radius 3 is 2.97 bits per heavy atom. The number of hydrogen-bond donors (Lipinski definition) is 2. The Bertz CT molecular complexity index is 1210. The molecular formula is C21H18N4O3S2. The van der Waals surface area contributed by atoms with Crippen LogP contribution in [0.15, 0.2) is 46.8 Å². The van der Waals surface area contributed by atoms with Crippen LogP contribution in [0.4, 0.5) is 10.5 Å². The van der Waals surface area contributed by atoms with Gasteiger partial charge in [0.25, 0.3) is 5.91 Å². The third-order valence-electron chi connectivity index (χ3n) is 5.55. The molecule has 5 rings (SSSR count). The number of benzene rings is 2. The van der Waals surface area contributed by atoms with Gasteiger partial charge in [-0.3, -0.25) is 14.5 Å². The number of imide groups is 1. The van der Waals surface area contributed by atoms with Gasteiger partial charge in [0.2, 0.25) is 5.91 Å². The Balaban J connectivity index is 1.33. The number of anilines is 1. The van der Waals surface area contributed by atoms with Crippen molar-refractivity contribution in [3.63, 3.8) is 0 Å². The summed E-state index contributed by atoms with van der Waals surface area (Å²) < 4.78 is 1.92. The number of nitrogens with zero attached hydrogens (tertiary/aromatic N) is 2. The molecule has 4 amide bonds. The molecule has 1 spiro atoms. The van der Waals surface area contributed by atoms with E-state index >= 15 is 0 Å². The average molecular weight is 439 g/mol. The second kappa shape index (κ2) is 7.10. The van der Waals surface area contributed by atoms with Crippen LogP contribution < -0.4 is 10.6 Å². The van der Waals surface area contributed by atoms with Gasteiger partial charge < -0.3 is 10.6 Å². The summed E-state index contributed by atoms with van der Waals surface area (Å²) >= 11 is 3.12. The third-order valence-corrected chi connectivity index (χ3v) is 7.55. The van der Waals surface area contributed by atoms with Crippen LogP contribution in [0.1, 0.15) is 17.5 Å². The fraction of sp³-hybridized carbons (Fsp3) is 0.238. The summed E-state index contributed by atoms with van der Waals surface area (Å²) in [6.07, 6.45) is 3.19. The Hall–Kier alpha value is -2.91. The number of thiazole rings is 1. The van der Waals surface area contributed by atoms with Crippen molar-refractivity contribution in [2.24, 2.45) is 0 Å². The minimum atomic E-state index is -1.05. The topological polar surface area (TPSA) is 91.4 Å². The predicted molar refractivity (Wildman–Crippen MR) is 117 cm³/mol. The highest BCUT2D eigenvalue weighted by Gasteiger charge is 2.55. The van der Waals surface area contributed by atoms with Crippen molar-refractivity contribution in [1.29, 1.82) is 0 Å². The van der Waals surface area contributed by atoms with Crippen molar-refractivity contribution in [1.82, 2.24) is 15.2 Å². The van der Waals surface area contributed by atoms with E-state index in [1.165, 1.54) is 0 Å². The van der Waals surface area contributed by atoms with Crippen LogP contribution >= 0.6 is 23.1 Å². The lowest BCUT2D eigenvalue weighted by molar-refractivity contribution is -0.134. The van der Waals surface area contributed by atoms with Gasteiger partial charge in [0.15, 0.2) is 4.34 Å². The van der Waals surface area contributed by atoms with Crippen molar-refractivity contribution in [2.45, 2.75) is 22.7 Å². The molecule has 1 aliphatic carbocycles. The molecule has 0 unspecified atom stereocenters. The quantitative estimate of drug-likeness (QED) is 0.482. The second-order valence-corrected chi connectivity index (χ2v) is 9.38. The number of nitrogens with one attached hydrogen (secondary N) is 2. The first-order chi connectivity index (χ1) is 14.5. The van der Waals surface area contributed by atoms with Crippen molar-refractivity contribution in [2.75, 3.05) is 18.1 Å². The highest BCUT2D eigenvalue weighted by Crippen LogP contribution is 2.41. The van der Waals surface area contributed by atoms with E-state index in [-0.39, 0.29) is 12.5 Å². The van der Waals surface area contributed by atoms with Crippen LogP contribution in [0.25, 0.3) is 10.2 Å². The Kier molecular flexibility index (Phi) is 4.52. The first-order valence-electron chi connectivity index (χ1n) is 9.47. The first kappa shape index (κ1) is 19.1. The molecule has 0 radical (unpaired) electrons. The summed E-state index contributed by atoms with van der Waals surface area (Å²) in [6, 6.07) is 12.6. The number of hydrogen-bond acceptors (Lipinski definition) is 6. The largest absolute Gasteiger partial charge is 0.325 e. The van der Waals surface area contributed by atoms with E-state index in [2.05, 4.69) is 15.6 Å². The van der Waals surface area contributed by atoms with E-state index in [0.717, 1.165) is 37.0 Å². The number of carbonyl (C=O) groups is 3. The molecule has 0 saturated carbocycles. The van der Waals surface area contributed by atoms with Crippen LogP contribution in [-0.4, -0.2) is 40.5 Å². The van der Waals surface area contributed by atoms with Crippen molar-refractivity contribution < 1.29 is 14.4 Å². The summed E-state index contributed by atoms with van der Waals surface area (Å²) in [6.45, 7) is -0.328. The minimum absolute atomic E-state index is 0.328. The summed E-state index contributed by atoms with van der Waals surface area (Å²) in [5, 5.41) is 5.62. The average Bonchev–Trinajstić information content (AvgIpc) is 3.39. The van der Waals surface area contributed by atoms with E-state index in [1.54, 1.807) is 29.2 Å². The molecule has 30 heavy (non-hydrogen) atoms. The predicted octanol–water partition coefficient (Wildman–Crippen LogP) is 3.35. The number of amides is 4. The molecule has 0 bridgehead atoms. The molecule has 1 aliphatic heterocycles. The Morgan fingerprint density at radius 1 is 1.30 bits per heavy atom. The molecule has 2 aromatic carbocycles. The Labute approximate surface area is 180 Å². The molecule has 7 nitrogen and oxygen atoms in total. The lowest BCUT2D eigenvalue weighted by Gasteiger charge is -2.22. The molecule has 1 aromatic heterocycles. The fourth-order valence-electron chi connectivity index (χ4n) is 4.15. The van der Waals surface area contributed by atoms with E-state index in [1.807, 2.05) is 42.7 Å². The van der Waals surface area contributed by atoms with Gasteiger partial charge in [-0.05, 0) is 48.4 Å². The van der Waals surface area contributed by atoms with Crippen LogP contribution in [0.5, 0.6) is 0 Å². The van der Waals surface area contributed by atoms with Gasteiger partial charge in [-0.1, -0.05) is 36.0 Å². The maximum atomic E-state index is 13.2. The van der Waals surface area contributed by atoms with Crippen LogP contribution in [0.3, 0.4) is 0 Å². The summed E-state index contributed by atoms with van der Waals surface area (Å²) in [4.78, 5) is 43.8. The normalized spacial score (nSPS) is 20.1. The van der Waals surface area contributed by atoms with Gasteiger partial charge in [-0.25, -0.2) is 9.78 Å². The van der Waals surface area contributed by atoms with E-state index in [0.29, 0.717) is 12.1 Å². The zero-order valence-electron chi connectivity index (χ0n) is 16.1. The zero-order valence-corrected chi connectivity index (χ0v) is 17.7. The monoisotopic (exact) mass is 438 g/mol. The van der Waals surface area contributed by atoms with E-state index in [4.69, 9.17) is 0 Å². The SMILES string of the molecule is CSc1nc2ccc(NC(=O)CN3C(=O)N[C@@]4(CCc5ccccc54)C3=O)cc2s1. The molecule has 9 heteroatoms. The summed E-state index contributed by atoms with van der Waals surface area (Å²) in [5.74, 6) is -0.786. The van der Waals surface area contributed by atoms with Crippen molar-refractivity contribution in [3.8, 4) is 0 Å². The standard InChI is InChI=1S/C21H18N4O3S2/c1-29-20-23-15-7-6-13(10-16(15)30-20)22-17(26)11-25-18(27)21(24-19(25)28)9-8-12-4-2-3-5-14(12)21/h2-7,10H,8-9,11H2,1H3,(H,22,26)(H,24,28)/t21-/m1/s1. The molecular weight excluding hydrogens is 420 g/mol. The summed E-state index contributed by atoms with van der Waals surface area (Å²) in [5.41, 5.74) is 2.31. The lowest BCUT2D eigenvalue weighted by atomic mass is 9.92. The highest BCUT2D eigenvalue weighted by molar-refractivity contribution is 8.00. The summed E-state index contributed by atoms with van der Waals surface area (Å²) in [7, 11) is 0. The molecule has 3 aromatic rings. The van der Waals surface area contributed by atoms with E-state index < -0.39 is 17.5 Å². The number of aryl methyl sites for hydroxylation is 1. The van der Waals surface area contributed by atoms with Crippen molar-refractivity contribution >= 4 is 56.8 Å². The maximum absolute atomic E-state index is 13.2. The molecule has 1 atom stereocenters. The van der Waals surface area contributed by atoms with Gasteiger partial charge in [-0.2, -0.15) is 0 Å². The molecule has 2 heterocycles. The molecule has 1 saturated heterocycles. The van der Waals surface area contributed by atoms with Gasteiger partial charge >= 0.3 is 6.03 Å². The van der Waals surface area contributed by atoms with Gasteiger partial charge in [0.1, 0.15) is 12.1 Å². The maximum Gasteiger partial charge on any atom is 0.325 e. The van der Waals surface area contributed by atoms with Gasteiger partial charge in [0, 0.05) is 5.69 Å². The third kappa shape index (κ3) is 2.96. The van der Waals surface area contributed by atoms with E-state index in [9.17, 15) is 14.4 Å². The number of thioether (sulfide) groups is 1. The number of rotatable bonds is 4. The first-order valence-corrected chi connectivity index (χ1v) is 11.5. The highest BCUT2D eigenvalue weighted by atomic mass is 32.2. The molecule has 1 fully saturated rings. The van der Waals surface area contributed by atoms with Gasteiger partial charge in [0.05, 0.1) is 10.2 Å². The zero-order chi connectivity index (χ0) is 20.9. The van der Waals surface area contributed by atoms with Gasteiger partial charge in [-0.15, -0.1) is 11.3 Å². The minimum Gasteiger partial charge on any atom is -0.324 e. The van der Waals surface area contributed by atoms with Crippen LogP contribution in [0, 0.1) is 0 Å². The lowest BCUT2D eigenvalue weighted by Crippen LogP contribution is -2.42. The number of urea groups is 1. The van der Waals surface area contributed by atoms with Crippen LogP contribution in [-0.2, 0) is 21.5 Å². The Morgan fingerprint density at radius 2 is 2.13 bits per heavy atom.